The SMILES string of the molecule is Cc1cc(SC(C)CC(=O)O)ccn1. The number of aromatic nitrogens is 1. The van der Waals surface area contributed by atoms with E-state index in [1.165, 1.54) is 0 Å². The molecule has 1 heterocycles. The normalized spacial score (nSPS) is 12.4. The average Bonchev–Trinajstić information content (AvgIpc) is 2.01. The van der Waals surface area contributed by atoms with Gasteiger partial charge in [0.1, 0.15) is 0 Å². The lowest BCUT2D eigenvalue weighted by molar-refractivity contribution is -0.136. The van der Waals surface area contributed by atoms with Gasteiger partial charge in [0.15, 0.2) is 0 Å². The predicted octanol–water partition coefficient (Wildman–Crippen LogP) is 2.35. The third-order valence-electron chi connectivity index (χ3n) is 1.67. The van der Waals surface area contributed by atoms with Gasteiger partial charge in [-0.25, -0.2) is 0 Å². The van der Waals surface area contributed by atoms with Crippen molar-refractivity contribution in [3.8, 4) is 0 Å². The topological polar surface area (TPSA) is 50.2 Å². The summed E-state index contributed by atoms with van der Waals surface area (Å²) in [6, 6.07) is 3.86. The van der Waals surface area contributed by atoms with Crippen molar-refractivity contribution in [1.82, 2.24) is 4.98 Å². The summed E-state index contributed by atoms with van der Waals surface area (Å²) in [5.41, 5.74) is 0.956. The number of carbonyl (C=O) groups is 1. The molecule has 0 aliphatic rings. The lowest BCUT2D eigenvalue weighted by Gasteiger charge is -2.08. The van der Waals surface area contributed by atoms with Gasteiger partial charge in [-0.2, -0.15) is 0 Å². The van der Waals surface area contributed by atoms with Gasteiger partial charge in [0, 0.05) is 22.0 Å². The summed E-state index contributed by atoms with van der Waals surface area (Å²) in [5.74, 6) is -0.754. The molecular weight excluding hydrogens is 198 g/mol. The van der Waals surface area contributed by atoms with Gasteiger partial charge in [-0.15, -0.1) is 11.8 Å². The van der Waals surface area contributed by atoms with Crippen LogP contribution in [0.5, 0.6) is 0 Å². The Morgan fingerprint density at radius 3 is 3.00 bits per heavy atom. The van der Waals surface area contributed by atoms with Crippen LogP contribution in [0.15, 0.2) is 23.2 Å². The second-order valence-electron chi connectivity index (χ2n) is 3.16. The number of hydrogen-bond donors (Lipinski definition) is 1. The first-order chi connectivity index (χ1) is 6.58. The summed E-state index contributed by atoms with van der Waals surface area (Å²) < 4.78 is 0. The number of rotatable bonds is 4. The van der Waals surface area contributed by atoms with Crippen LogP contribution in [0.3, 0.4) is 0 Å². The Labute approximate surface area is 87.6 Å². The summed E-state index contributed by atoms with van der Waals surface area (Å²) in [6.07, 6.45) is 1.93. The van der Waals surface area contributed by atoms with Gasteiger partial charge in [-0.3, -0.25) is 9.78 Å². The number of carboxylic acids is 1. The highest BCUT2D eigenvalue weighted by molar-refractivity contribution is 8.00. The number of nitrogens with zero attached hydrogens (tertiary/aromatic N) is 1. The molecule has 0 amide bonds. The first kappa shape index (κ1) is 11.0. The molecule has 1 N–H and O–H groups in total. The maximum absolute atomic E-state index is 10.4. The van der Waals surface area contributed by atoms with Gasteiger partial charge in [-0.1, -0.05) is 6.92 Å². The van der Waals surface area contributed by atoms with Crippen molar-refractivity contribution in [1.29, 1.82) is 0 Å². The van der Waals surface area contributed by atoms with E-state index in [-0.39, 0.29) is 11.7 Å². The Bertz CT molecular complexity index is 328. The van der Waals surface area contributed by atoms with Crippen LogP contribution in [0.25, 0.3) is 0 Å². The smallest absolute Gasteiger partial charge is 0.304 e. The summed E-state index contributed by atoms with van der Waals surface area (Å²) in [5, 5.41) is 8.68. The predicted molar refractivity (Wildman–Crippen MR) is 56.5 cm³/mol. The molecule has 1 aromatic rings. The summed E-state index contributed by atoms with van der Waals surface area (Å²) in [6.45, 7) is 3.83. The van der Waals surface area contributed by atoms with Crippen molar-refractivity contribution < 1.29 is 9.90 Å². The van der Waals surface area contributed by atoms with E-state index >= 15 is 0 Å². The number of pyridine rings is 1. The molecule has 0 saturated heterocycles. The van der Waals surface area contributed by atoms with Crippen molar-refractivity contribution in [3.63, 3.8) is 0 Å². The molecule has 0 spiro atoms. The van der Waals surface area contributed by atoms with Crippen LogP contribution in [0, 0.1) is 6.92 Å². The summed E-state index contributed by atoms with van der Waals surface area (Å²) in [4.78, 5) is 15.6. The lowest BCUT2D eigenvalue weighted by Crippen LogP contribution is -2.05. The highest BCUT2D eigenvalue weighted by Gasteiger charge is 2.08. The van der Waals surface area contributed by atoms with Crippen molar-refractivity contribution in [2.75, 3.05) is 0 Å². The van der Waals surface area contributed by atoms with E-state index in [9.17, 15) is 4.79 Å². The Morgan fingerprint density at radius 1 is 1.71 bits per heavy atom. The highest BCUT2D eigenvalue weighted by atomic mass is 32.2. The van der Waals surface area contributed by atoms with E-state index < -0.39 is 5.97 Å². The number of aryl methyl sites for hydroxylation is 1. The molecule has 0 radical (unpaired) electrons. The standard InChI is InChI=1S/C10H13NO2S/c1-7-5-9(3-4-11-7)14-8(2)6-10(12)13/h3-5,8H,6H2,1-2H3,(H,12,13). The number of thioether (sulfide) groups is 1. The quantitative estimate of drug-likeness (QED) is 0.777. The molecule has 14 heavy (non-hydrogen) atoms. The molecule has 0 aliphatic carbocycles. The molecule has 0 aliphatic heterocycles. The van der Waals surface area contributed by atoms with E-state index in [4.69, 9.17) is 5.11 Å². The fourth-order valence-corrected chi connectivity index (χ4v) is 2.18. The van der Waals surface area contributed by atoms with Gasteiger partial charge in [-0.05, 0) is 19.1 Å². The largest absolute Gasteiger partial charge is 0.481 e. The minimum absolute atomic E-state index is 0.0919. The zero-order valence-electron chi connectivity index (χ0n) is 8.23. The van der Waals surface area contributed by atoms with Gasteiger partial charge >= 0.3 is 5.97 Å². The van der Waals surface area contributed by atoms with Crippen LogP contribution in [-0.2, 0) is 4.79 Å². The molecule has 0 aromatic carbocycles. The third-order valence-corrected chi connectivity index (χ3v) is 2.76. The molecule has 1 rings (SSSR count). The molecular formula is C10H13NO2S. The minimum atomic E-state index is -0.754. The summed E-state index contributed by atoms with van der Waals surface area (Å²) >= 11 is 1.57. The summed E-state index contributed by atoms with van der Waals surface area (Å²) in [7, 11) is 0. The zero-order valence-corrected chi connectivity index (χ0v) is 9.04. The van der Waals surface area contributed by atoms with Gasteiger partial charge < -0.3 is 5.11 Å². The van der Waals surface area contributed by atoms with Crippen molar-refractivity contribution >= 4 is 17.7 Å². The monoisotopic (exact) mass is 211 g/mol. The van der Waals surface area contributed by atoms with Crippen LogP contribution < -0.4 is 0 Å². The van der Waals surface area contributed by atoms with Crippen LogP contribution in [-0.4, -0.2) is 21.3 Å². The van der Waals surface area contributed by atoms with E-state index in [2.05, 4.69) is 4.98 Å². The van der Waals surface area contributed by atoms with E-state index in [1.807, 2.05) is 26.0 Å². The number of carboxylic acid groups (broad SMARTS) is 1. The van der Waals surface area contributed by atoms with Crippen molar-refractivity contribution in [2.24, 2.45) is 0 Å². The van der Waals surface area contributed by atoms with Crippen LogP contribution in [0.4, 0.5) is 0 Å². The van der Waals surface area contributed by atoms with Crippen molar-refractivity contribution in [2.45, 2.75) is 30.4 Å². The first-order valence-corrected chi connectivity index (χ1v) is 5.27. The highest BCUT2D eigenvalue weighted by Crippen LogP contribution is 2.24. The van der Waals surface area contributed by atoms with E-state index in [0.29, 0.717) is 0 Å². The maximum atomic E-state index is 10.4. The Balaban J connectivity index is 2.55. The lowest BCUT2D eigenvalue weighted by atomic mass is 10.3. The van der Waals surface area contributed by atoms with Crippen molar-refractivity contribution in [3.05, 3.63) is 24.0 Å². The van der Waals surface area contributed by atoms with Gasteiger partial charge in [0.25, 0.3) is 0 Å². The molecule has 0 bridgehead atoms. The molecule has 4 heteroatoms. The number of hydrogen-bond acceptors (Lipinski definition) is 3. The number of aliphatic carboxylic acids is 1. The fourth-order valence-electron chi connectivity index (χ4n) is 1.11. The van der Waals surface area contributed by atoms with Crippen LogP contribution >= 0.6 is 11.8 Å². The van der Waals surface area contributed by atoms with E-state index in [1.54, 1.807) is 18.0 Å². The molecule has 1 aromatic heterocycles. The zero-order chi connectivity index (χ0) is 10.6. The van der Waals surface area contributed by atoms with Gasteiger partial charge in [0.05, 0.1) is 6.42 Å². The minimum Gasteiger partial charge on any atom is -0.481 e. The molecule has 1 atom stereocenters. The van der Waals surface area contributed by atoms with Crippen LogP contribution in [0.1, 0.15) is 19.0 Å². The Morgan fingerprint density at radius 2 is 2.43 bits per heavy atom. The maximum Gasteiger partial charge on any atom is 0.304 e. The fraction of sp³-hybridized carbons (Fsp3) is 0.400. The molecule has 0 fully saturated rings. The van der Waals surface area contributed by atoms with E-state index in [0.717, 1.165) is 10.6 Å². The average molecular weight is 211 g/mol. The molecule has 1 unspecified atom stereocenters. The van der Waals surface area contributed by atoms with Gasteiger partial charge in [0.2, 0.25) is 0 Å². The second kappa shape index (κ2) is 5.00. The molecule has 0 saturated carbocycles. The molecule has 76 valence electrons. The second-order valence-corrected chi connectivity index (χ2v) is 4.67. The molecule has 3 nitrogen and oxygen atoms in total. The van der Waals surface area contributed by atoms with Crippen LogP contribution in [0.2, 0.25) is 0 Å². The Hall–Kier alpha value is -1.03. The third kappa shape index (κ3) is 3.79. The Kier molecular flexibility index (Phi) is 3.95. The first-order valence-electron chi connectivity index (χ1n) is 4.39.